The quantitative estimate of drug-likeness (QED) is 0.312. The van der Waals surface area contributed by atoms with Gasteiger partial charge in [0.2, 0.25) is 0 Å². The predicted octanol–water partition coefficient (Wildman–Crippen LogP) is 4.79. The summed E-state index contributed by atoms with van der Waals surface area (Å²) in [5.74, 6) is 0.00399. The van der Waals surface area contributed by atoms with E-state index in [2.05, 4.69) is 41.9 Å². The normalized spacial score (nSPS) is 12.2. The third-order valence-electron chi connectivity index (χ3n) is 5.09. The van der Waals surface area contributed by atoms with E-state index >= 15 is 4.39 Å². The average molecular weight is 424 g/mol. The standard InChI is InChI=1S/C23H17FN8/c1-13(10-27-12-25-2)15-5-6-17-18(19(15)24)21(32-31-17)23-29-20-16(7-9-28-22(20)30-23)14-4-3-8-26-11-14/h3-12H,2H2,1H3,(H,31,32)(H,28,29,30)/b13-10+,27-12-. The molecule has 5 rings (SSSR count). The number of halogens is 1. The minimum absolute atomic E-state index is 0.336. The molecule has 9 heteroatoms. The SMILES string of the molecule is C=N/C=N\C=C(/C)c1ccc2[nH]nc(-c3nc4c(-c5cccnc5)ccnc4[nH]3)c2c1F. The number of H-pyrrole nitrogens is 2. The molecule has 0 atom stereocenters. The number of nitrogens with one attached hydrogen (secondary N) is 2. The van der Waals surface area contributed by atoms with Crippen LogP contribution in [-0.2, 0) is 0 Å². The van der Waals surface area contributed by atoms with Crippen molar-refractivity contribution in [3.05, 3.63) is 66.5 Å². The first kappa shape index (κ1) is 19.4. The van der Waals surface area contributed by atoms with Crippen molar-refractivity contribution < 1.29 is 4.39 Å². The van der Waals surface area contributed by atoms with Gasteiger partial charge in [0.25, 0.3) is 0 Å². The maximum Gasteiger partial charge on any atom is 0.161 e. The summed E-state index contributed by atoms with van der Waals surface area (Å²) in [7, 11) is 0. The molecular formula is C23H17FN8. The molecule has 0 amide bonds. The predicted molar refractivity (Wildman–Crippen MR) is 124 cm³/mol. The molecule has 2 N–H and O–H groups in total. The van der Waals surface area contributed by atoms with Gasteiger partial charge in [-0.05, 0) is 43.5 Å². The molecule has 32 heavy (non-hydrogen) atoms. The van der Waals surface area contributed by atoms with E-state index < -0.39 is 5.82 Å². The van der Waals surface area contributed by atoms with E-state index in [1.165, 1.54) is 12.5 Å². The highest BCUT2D eigenvalue weighted by atomic mass is 19.1. The van der Waals surface area contributed by atoms with Crippen molar-refractivity contribution in [2.45, 2.75) is 6.92 Å². The van der Waals surface area contributed by atoms with E-state index in [4.69, 9.17) is 4.98 Å². The molecule has 5 aromatic rings. The van der Waals surface area contributed by atoms with E-state index in [-0.39, 0.29) is 0 Å². The summed E-state index contributed by atoms with van der Waals surface area (Å²) >= 11 is 0. The van der Waals surface area contributed by atoms with Crippen molar-refractivity contribution >= 4 is 40.7 Å². The number of fused-ring (bicyclic) bond motifs is 2. The topological polar surface area (TPSA) is 108 Å². The molecule has 0 unspecified atom stereocenters. The van der Waals surface area contributed by atoms with Crippen LogP contribution in [0.25, 0.3) is 50.3 Å². The van der Waals surface area contributed by atoms with Gasteiger partial charge in [-0.3, -0.25) is 15.1 Å². The molecule has 156 valence electrons. The van der Waals surface area contributed by atoms with E-state index in [0.717, 1.165) is 11.1 Å². The molecule has 0 fully saturated rings. The van der Waals surface area contributed by atoms with Crippen molar-refractivity contribution in [3.63, 3.8) is 0 Å². The van der Waals surface area contributed by atoms with Gasteiger partial charge in [-0.1, -0.05) is 6.07 Å². The summed E-state index contributed by atoms with van der Waals surface area (Å²) in [6, 6.07) is 9.14. The second-order valence-corrected chi connectivity index (χ2v) is 7.06. The molecule has 0 bridgehead atoms. The first-order valence-corrected chi connectivity index (χ1v) is 9.74. The fraction of sp³-hybridized carbons (Fsp3) is 0.0435. The number of aliphatic imine (C=N–C) groups is 2. The molecule has 4 heterocycles. The summed E-state index contributed by atoms with van der Waals surface area (Å²) in [6.45, 7) is 5.11. The fourth-order valence-corrected chi connectivity index (χ4v) is 3.59. The molecule has 0 aliphatic rings. The zero-order valence-corrected chi connectivity index (χ0v) is 17.0. The third-order valence-corrected chi connectivity index (χ3v) is 5.09. The Morgan fingerprint density at radius 2 is 2.09 bits per heavy atom. The molecule has 0 spiro atoms. The molecule has 8 nitrogen and oxygen atoms in total. The maximum absolute atomic E-state index is 15.6. The summed E-state index contributed by atoms with van der Waals surface area (Å²) in [6.07, 6.45) is 8.00. The third kappa shape index (κ3) is 3.25. The van der Waals surface area contributed by atoms with Crippen LogP contribution < -0.4 is 0 Å². The van der Waals surface area contributed by atoms with Crippen LogP contribution in [0.15, 0.2) is 65.1 Å². The summed E-state index contributed by atoms with van der Waals surface area (Å²) < 4.78 is 15.6. The Balaban J connectivity index is 1.67. The van der Waals surface area contributed by atoms with Crippen LogP contribution in [0.1, 0.15) is 12.5 Å². The van der Waals surface area contributed by atoms with Crippen molar-refractivity contribution in [1.82, 2.24) is 30.1 Å². The monoisotopic (exact) mass is 424 g/mol. The van der Waals surface area contributed by atoms with Crippen molar-refractivity contribution in [2.24, 2.45) is 9.98 Å². The molecule has 4 aromatic heterocycles. The largest absolute Gasteiger partial charge is 0.321 e. The number of allylic oxidation sites excluding steroid dienone is 1. The minimum atomic E-state index is -0.414. The number of imidazole rings is 1. The molecule has 1 aromatic carbocycles. The Morgan fingerprint density at radius 1 is 1.19 bits per heavy atom. The van der Waals surface area contributed by atoms with Crippen LogP contribution in [0.3, 0.4) is 0 Å². The number of hydrogen-bond donors (Lipinski definition) is 2. The highest BCUT2D eigenvalue weighted by Gasteiger charge is 2.20. The van der Waals surface area contributed by atoms with Crippen LogP contribution in [-0.4, -0.2) is 43.2 Å². The van der Waals surface area contributed by atoms with Gasteiger partial charge in [0.05, 0.1) is 10.9 Å². The van der Waals surface area contributed by atoms with Crippen LogP contribution in [0.2, 0.25) is 0 Å². The minimum Gasteiger partial charge on any atom is -0.321 e. The van der Waals surface area contributed by atoms with Crippen LogP contribution in [0.4, 0.5) is 4.39 Å². The van der Waals surface area contributed by atoms with Gasteiger partial charge in [-0.15, -0.1) is 0 Å². The van der Waals surface area contributed by atoms with E-state index in [1.54, 1.807) is 37.6 Å². The average Bonchev–Trinajstić information content (AvgIpc) is 3.44. The van der Waals surface area contributed by atoms with Gasteiger partial charge in [-0.2, -0.15) is 5.10 Å². The lowest BCUT2D eigenvalue weighted by molar-refractivity contribution is 0.636. The Morgan fingerprint density at radius 3 is 2.91 bits per heavy atom. The fourth-order valence-electron chi connectivity index (χ4n) is 3.59. The number of rotatable bonds is 5. The van der Waals surface area contributed by atoms with Gasteiger partial charge < -0.3 is 4.98 Å². The molecule has 0 aliphatic heterocycles. The lowest BCUT2D eigenvalue weighted by atomic mass is 10.0. The van der Waals surface area contributed by atoms with Crippen LogP contribution in [0, 0.1) is 5.82 Å². The first-order valence-electron chi connectivity index (χ1n) is 9.74. The molecular weight excluding hydrogens is 407 g/mol. The number of pyridine rings is 2. The van der Waals surface area contributed by atoms with E-state index in [1.807, 2.05) is 18.2 Å². The molecule has 0 aliphatic carbocycles. The number of aromatic nitrogens is 6. The first-order chi connectivity index (χ1) is 15.7. The van der Waals surface area contributed by atoms with Gasteiger partial charge in [0, 0.05) is 41.5 Å². The van der Waals surface area contributed by atoms with E-state index in [9.17, 15) is 0 Å². The van der Waals surface area contributed by atoms with Crippen LogP contribution >= 0.6 is 0 Å². The van der Waals surface area contributed by atoms with Crippen molar-refractivity contribution in [2.75, 3.05) is 0 Å². The zero-order valence-electron chi connectivity index (χ0n) is 17.0. The Kier molecular flexibility index (Phi) is 4.83. The Bertz CT molecular complexity index is 1510. The highest BCUT2D eigenvalue weighted by molar-refractivity contribution is 5.97. The molecule has 0 radical (unpaired) electrons. The lowest BCUT2D eigenvalue weighted by Gasteiger charge is -2.04. The highest BCUT2D eigenvalue weighted by Crippen LogP contribution is 2.33. The number of benzene rings is 1. The van der Waals surface area contributed by atoms with Gasteiger partial charge in [-0.25, -0.2) is 19.4 Å². The lowest BCUT2D eigenvalue weighted by Crippen LogP contribution is -1.90. The number of aromatic amines is 2. The zero-order chi connectivity index (χ0) is 22.1. The second-order valence-electron chi connectivity index (χ2n) is 7.06. The second kappa shape index (κ2) is 7.95. The van der Waals surface area contributed by atoms with Crippen molar-refractivity contribution in [3.8, 4) is 22.6 Å². The molecule has 0 saturated heterocycles. The summed E-state index contributed by atoms with van der Waals surface area (Å²) in [5, 5.41) is 7.55. The van der Waals surface area contributed by atoms with Crippen molar-refractivity contribution in [1.29, 1.82) is 0 Å². The number of nitrogens with zero attached hydrogens (tertiary/aromatic N) is 6. The van der Waals surface area contributed by atoms with Gasteiger partial charge in [0.15, 0.2) is 11.5 Å². The smallest absolute Gasteiger partial charge is 0.161 e. The van der Waals surface area contributed by atoms with E-state index in [0.29, 0.717) is 44.7 Å². The summed E-state index contributed by atoms with van der Waals surface area (Å²) in [5.41, 5.74) is 5.01. The Hall–Kier alpha value is -4.53. The van der Waals surface area contributed by atoms with Gasteiger partial charge >= 0.3 is 0 Å². The number of hydrogen-bond acceptors (Lipinski definition) is 5. The molecule has 0 saturated carbocycles. The van der Waals surface area contributed by atoms with Gasteiger partial charge in [0.1, 0.15) is 23.4 Å². The summed E-state index contributed by atoms with van der Waals surface area (Å²) in [4.78, 5) is 24.0. The Labute approximate surface area is 181 Å². The maximum atomic E-state index is 15.6. The van der Waals surface area contributed by atoms with Crippen LogP contribution in [0.5, 0.6) is 0 Å².